The van der Waals surface area contributed by atoms with Crippen molar-refractivity contribution in [2.45, 2.75) is 6.18 Å². The average Bonchev–Trinajstić information content (AvgIpc) is 2.38. The van der Waals surface area contributed by atoms with Crippen molar-refractivity contribution in [1.29, 1.82) is 5.41 Å². The maximum Gasteiger partial charge on any atom is 0.417 e. The highest BCUT2D eigenvalue weighted by molar-refractivity contribution is 7.99. The van der Waals surface area contributed by atoms with Crippen molar-refractivity contribution in [3.05, 3.63) is 29.3 Å². The molecule has 0 aliphatic carbocycles. The van der Waals surface area contributed by atoms with Gasteiger partial charge in [0.15, 0.2) is 0 Å². The Kier molecular flexibility index (Phi) is 3.93. The van der Waals surface area contributed by atoms with E-state index in [1.165, 1.54) is 12.1 Å². The number of halogens is 3. The van der Waals surface area contributed by atoms with Gasteiger partial charge in [-0.2, -0.15) is 24.9 Å². The van der Waals surface area contributed by atoms with E-state index in [1.807, 2.05) is 16.7 Å². The molecule has 1 heterocycles. The van der Waals surface area contributed by atoms with Gasteiger partial charge in [0.1, 0.15) is 5.84 Å². The van der Waals surface area contributed by atoms with E-state index in [0.29, 0.717) is 5.69 Å². The lowest BCUT2D eigenvalue weighted by molar-refractivity contribution is -0.137. The Bertz CT molecular complexity index is 482. The first-order valence-corrected chi connectivity index (χ1v) is 6.93. The van der Waals surface area contributed by atoms with E-state index in [-0.39, 0.29) is 5.56 Å². The zero-order valence-electron chi connectivity index (χ0n) is 10.1. The van der Waals surface area contributed by atoms with E-state index in [2.05, 4.69) is 0 Å². The van der Waals surface area contributed by atoms with Gasteiger partial charge in [0, 0.05) is 35.8 Å². The number of nitrogen functional groups attached to an aromatic ring is 1. The van der Waals surface area contributed by atoms with Gasteiger partial charge in [0.05, 0.1) is 5.56 Å². The third-order valence-corrected chi connectivity index (χ3v) is 3.92. The molecule has 19 heavy (non-hydrogen) atoms. The number of nitrogens with two attached hydrogens (primary N) is 1. The second-order valence-corrected chi connectivity index (χ2v) is 5.47. The Labute approximate surface area is 113 Å². The van der Waals surface area contributed by atoms with Crippen LogP contribution in [0.3, 0.4) is 0 Å². The topological polar surface area (TPSA) is 53.1 Å². The number of alkyl halides is 3. The van der Waals surface area contributed by atoms with E-state index in [0.717, 1.165) is 30.7 Å². The fourth-order valence-corrected chi connectivity index (χ4v) is 2.92. The molecule has 1 aliphatic rings. The molecule has 2 rings (SSSR count). The van der Waals surface area contributed by atoms with Crippen LogP contribution in [0, 0.1) is 5.41 Å². The summed E-state index contributed by atoms with van der Waals surface area (Å²) in [4.78, 5) is 2.02. The lowest BCUT2D eigenvalue weighted by atomic mass is 10.0. The molecule has 1 aromatic carbocycles. The summed E-state index contributed by atoms with van der Waals surface area (Å²) in [6, 6.07) is 3.82. The van der Waals surface area contributed by atoms with E-state index >= 15 is 0 Å². The predicted octanol–water partition coefficient (Wildman–Crippen LogP) is 2.54. The Morgan fingerprint density at radius 3 is 2.42 bits per heavy atom. The SMILES string of the molecule is N=C(N)c1cc(N2CCSCC2)ccc1C(F)(F)F. The van der Waals surface area contributed by atoms with Crippen molar-refractivity contribution in [2.75, 3.05) is 29.5 Å². The summed E-state index contributed by atoms with van der Waals surface area (Å²) in [6.45, 7) is 1.60. The number of hydrogen-bond donors (Lipinski definition) is 2. The zero-order valence-corrected chi connectivity index (χ0v) is 10.9. The number of thioether (sulfide) groups is 1. The van der Waals surface area contributed by atoms with Gasteiger partial charge in [-0.1, -0.05) is 0 Å². The molecule has 0 saturated carbocycles. The molecule has 0 aromatic heterocycles. The Morgan fingerprint density at radius 1 is 1.26 bits per heavy atom. The third-order valence-electron chi connectivity index (χ3n) is 2.97. The molecular formula is C12H14F3N3S. The maximum absolute atomic E-state index is 12.8. The van der Waals surface area contributed by atoms with Gasteiger partial charge in [-0.25, -0.2) is 0 Å². The lowest BCUT2D eigenvalue weighted by Crippen LogP contribution is -2.32. The second kappa shape index (κ2) is 5.32. The first kappa shape index (κ1) is 14.0. The number of anilines is 1. The normalized spacial score (nSPS) is 16.5. The minimum atomic E-state index is -4.49. The van der Waals surface area contributed by atoms with Crippen LogP contribution in [0.15, 0.2) is 18.2 Å². The highest BCUT2D eigenvalue weighted by Gasteiger charge is 2.34. The molecule has 1 saturated heterocycles. The van der Waals surface area contributed by atoms with Crippen LogP contribution >= 0.6 is 11.8 Å². The molecule has 0 spiro atoms. The van der Waals surface area contributed by atoms with Crippen molar-refractivity contribution >= 4 is 23.3 Å². The van der Waals surface area contributed by atoms with Crippen LogP contribution in [-0.4, -0.2) is 30.4 Å². The van der Waals surface area contributed by atoms with Gasteiger partial charge < -0.3 is 10.6 Å². The van der Waals surface area contributed by atoms with Crippen LogP contribution in [0.1, 0.15) is 11.1 Å². The first-order valence-electron chi connectivity index (χ1n) is 5.78. The van der Waals surface area contributed by atoms with Gasteiger partial charge in [0.2, 0.25) is 0 Å². The number of nitrogens with zero attached hydrogens (tertiary/aromatic N) is 1. The summed E-state index contributed by atoms with van der Waals surface area (Å²) >= 11 is 1.82. The summed E-state index contributed by atoms with van der Waals surface area (Å²) < 4.78 is 38.4. The van der Waals surface area contributed by atoms with Gasteiger partial charge in [-0.15, -0.1) is 0 Å². The summed E-state index contributed by atoms with van der Waals surface area (Å²) in [6.07, 6.45) is -4.49. The van der Waals surface area contributed by atoms with Gasteiger partial charge in [0.25, 0.3) is 0 Å². The molecule has 0 amide bonds. The molecule has 1 aliphatic heterocycles. The standard InChI is InChI=1S/C12H14F3N3S/c13-12(14,15)10-2-1-8(7-9(10)11(16)17)18-3-5-19-6-4-18/h1-2,7H,3-6H2,(H3,16,17). The molecule has 3 nitrogen and oxygen atoms in total. The van der Waals surface area contributed by atoms with E-state index in [1.54, 1.807) is 0 Å². The fraction of sp³-hybridized carbons (Fsp3) is 0.417. The van der Waals surface area contributed by atoms with Crippen molar-refractivity contribution in [1.82, 2.24) is 0 Å². The van der Waals surface area contributed by atoms with Crippen molar-refractivity contribution in [3.63, 3.8) is 0 Å². The summed E-state index contributed by atoms with van der Waals surface area (Å²) in [5.41, 5.74) is 4.86. The molecule has 1 aromatic rings. The van der Waals surface area contributed by atoms with E-state index in [4.69, 9.17) is 11.1 Å². The van der Waals surface area contributed by atoms with E-state index < -0.39 is 17.6 Å². The van der Waals surface area contributed by atoms with Crippen LogP contribution < -0.4 is 10.6 Å². The Balaban J connectivity index is 2.38. The van der Waals surface area contributed by atoms with Crippen LogP contribution in [0.5, 0.6) is 0 Å². The average molecular weight is 289 g/mol. The molecule has 1 fully saturated rings. The van der Waals surface area contributed by atoms with Crippen LogP contribution in [-0.2, 0) is 6.18 Å². The predicted molar refractivity (Wildman–Crippen MR) is 72.0 cm³/mol. The molecule has 0 radical (unpaired) electrons. The highest BCUT2D eigenvalue weighted by Crippen LogP contribution is 2.34. The number of nitrogens with one attached hydrogen (secondary N) is 1. The molecule has 0 atom stereocenters. The molecule has 0 bridgehead atoms. The van der Waals surface area contributed by atoms with Crippen LogP contribution in [0.25, 0.3) is 0 Å². The molecule has 104 valence electrons. The maximum atomic E-state index is 12.8. The Hall–Kier alpha value is -1.37. The van der Waals surface area contributed by atoms with E-state index in [9.17, 15) is 13.2 Å². The van der Waals surface area contributed by atoms with Crippen molar-refractivity contribution < 1.29 is 13.2 Å². The number of rotatable bonds is 2. The van der Waals surface area contributed by atoms with Crippen LogP contribution in [0.4, 0.5) is 18.9 Å². The zero-order chi connectivity index (χ0) is 14.0. The summed E-state index contributed by atoms with van der Waals surface area (Å²) in [5, 5.41) is 7.32. The number of benzene rings is 1. The largest absolute Gasteiger partial charge is 0.417 e. The minimum absolute atomic E-state index is 0.247. The molecule has 7 heteroatoms. The van der Waals surface area contributed by atoms with Gasteiger partial charge >= 0.3 is 6.18 Å². The van der Waals surface area contributed by atoms with Gasteiger partial charge in [-0.05, 0) is 18.2 Å². The van der Waals surface area contributed by atoms with Crippen molar-refractivity contribution in [3.8, 4) is 0 Å². The Morgan fingerprint density at radius 2 is 1.89 bits per heavy atom. The number of hydrogen-bond acceptors (Lipinski definition) is 3. The quantitative estimate of drug-likeness (QED) is 0.650. The molecule has 0 unspecified atom stereocenters. The second-order valence-electron chi connectivity index (χ2n) is 4.24. The van der Waals surface area contributed by atoms with Gasteiger partial charge in [-0.3, -0.25) is 5.41 Å². The van der Waals surface area contributed by atoms with Crippen molar-refractivity contribution in [2.24, 2.45) is 5.73 Å². The lowest BCUT2D eigenvalue weighted by Gasteiger charge is -2.29. The monoisotopic (exact) mass is 289 g/mol. The summed E-state index contributed by atoms with van der Waals surface area (Å²) in [7, 11) is 0. The fourth-order valence-electron chi connectivity index (χ4n) is 2.02. The highest BCUT2D eigenvalue weighted by atomic mass is 32.2. The molecule has 3 N–H and O–H groups in total. The smallest absolute Gasteiger partial charge is 0.384 e. The number of amidine groups is 1. The van der Waals surface area contributed by atoms with Crippen LogP contribution in [0.2, 0.25) is 0 Å². The minimum Gasteiger partial charge on any atom is -0.384 e. The first-order chi connectivity index (χ1) is 8.89. The summed E-state index contributed by atoms with van der Waals surface area (Å²) in [5.74, 6) is 1.35. The third kappa shape index (κ3) is 3.15. The molecular weight excluding hydrogens is 275 g/mol.